The largest absolute Gasteiger partial charge is 0.354 e. The van der Waals surface area contributed by atoms with Crippen LogP contribution in [0.3, 0.4) is 0 Å². The van der Waals surface area contributed by atoms with Gasteiger partial charge < -0.3 is 9.55 Å². The number of nitrogens with zero attached hydrogens (tertiary/aromatic N) is 1. The number of aromatic nitrogens is 2. The third kappa shape index (κ3) is 1.50. The van der Waals surface area contributed by atoms with E-state index in [1.54, 1.807) is 0 Å². The Bertz CT molecular complexity index is 1450. The van der Waals surface area contributed by atoms with E-state index in [2.05, 4.69) is 89.4 Å². The van der Waals surface area contributed by atoms with E-state index in [1.165, 1.54) is 54.4 Å². The van der Waals surface area contributed by atoms with Gasteiger partial charge in [-0.3, -0.25) is 0 Å². The third-order valence-corrected chi connectivity index (χ3v) is 5.51. The third-order valence-electron chi connectivity index (χ3n) is 5.51. The topological polar surface area (TPSA) is 20.7 Å². The minimum Gasteiger partial charge on any atom is -0.354 e. The van der Waals surface area contributed by atoms with Crippen molar-refractivity contribution in [2.45, 2.75) is 0 Å². The number of H-pyrrole nitrogens is 1. The fourth-order valence-electron chi connectivity index (χ4n) is 4.47. The van der Waals surface area contributed by atoms with Crippen LogP contribution in [-0.2, 0) is 7.05 Å². The Labute approximate surface area is 144 Å². The second-order valence-corrected chi connectivity index (χ2v) is 6.77. The Kier molecular flexibility index (Phi) is 2.31. The van der Waals surface area contributed by atoms with Crippen molar-refractivity contribution in [3.63, 3.8) is 0 Å². The van der Waals surface area contributed by atoms with Gasteiger partial charge in [0.05, 0.1) is 11.0 Å². The SMILES string of the molecule is Cn1c2ccccc2c2c3c4ccccc4[nH]c3c3ccccc3c21. The maximum absolute atomic E-state index is 3.68. The van der Waals surface area contributed by atoms with Crippen LogP contribution < -0.4 is 0 Å². The summed E-state index contributed by atoms with van der Waals surface area (Å²) < 4.78 is 2.34. The molecular formula is C23H16N2. The van der Waals surface area contributed by atoms with Gasteiger partial charge in [0.2, 0.25) is 0 Å². The molecule has 1 N–H and O–H groups in total. The zero-order valence-electron chi connectivity index (χ0n) is 13.9. The number of rotatable bonds is 0. The van der Waals surface area contributed by atoms with Gasteiger partial charge in [-0.2, -0.15) is 0 Å². The predicted molar refractivity (Wildman–Crippen MR) is 107 cm³/mol. The average Bonchev–Trinajstić information content (AvgIpc) is 3.19. The molecule has 0 bridgehead atoms. The standard InChI is InChI=1S/C23H16N2/c1-25-19-13-7-5-11-17(19)21-20-16-10-4-6-12-18(16)24-22(20)14-8-2-3-9-15(14)23(21)25/h2-13,24H,1H3. The van der Waals surface area contributed by atoms with Crippen molar-refractivity contribution < 1.29 is 0 Å². The molecule has 2 heterocycles. The number of aromatic amines is 1. The quantitative estimate of drug-likeness (QED) is 0.348. The highest BCUT2D eigenvalue weighted by atomic mass is 14.9. The number of fused-ring (bicyclic) bond motifs is 10. The number of hydrogen-bond acceptors (Lipinski definition) is 0. The van der Waals surface area contributed by atoms with Crippen LogP contribution >= 0.6 is 0 Å². The highest BCUT2D eigenvalue weighted by Crippen LogP contribution is 2.42. The summed E-state index contributed by atoms with van der Waals surface area (Å²) >= 11 is 0. The molecule has 0 atom stereocenters. The van der Waals surface area contributed by atoms with E-state index in [0.29, 0.717) is 0 Å². The first-order valence-corrected chi connectivity index (χ1v) is 8.63. The summed E-state index contributed by atoms with van der Waals surface area (Å²) in [5, 5.41) is 7.89. The molecule has 6 aromatic rings. The molecule has 0 unspecified atom stereocenters. The number of para-hydroxylation sites is 2. The molecular weight excluding hydrogens is 304 g/mol. The van der Waals surface area contributed by atoms with Gasteiger partial charge in [0.15, 0.2) is 0 Å². The zero-order valence-corrected chi connectivity index (χ0v) is 13.9. The zero-order chi connectivity index (χ0) is 16.5. The second-order valence-electron chi connectivity index (χ2n) is 6.77. The Balaban J connectivity index is 2.12. The molecule has 0 aliphatic rings. The van der Waals surface area contributed by atoms with Crippen molar-refractivity contribution in [2.75, 3.05) is 0 Å². The summed E-state index contributed by atoms with van der Waals surface area (Å²) in [6, 6.07) is 26.1. The van der Waals surface area contributed by atoms with Crippen molar-refractivity contribution in [2.24, 2.45) is 7.05 Å². The van der Waals surface area contributed by atoms with Crippen LogP contribution in [-0.4, -0.2) is 9.55 Å². The van der Waals surface area contributed by atoms with Gasteiger partial charge in [-0.25, -0.2) is 0 Å². The van der Waals surface area contributed by atoms with Crippen molar-refractivity contribution in [1.29, 1.82) is 0 Å². The average molecular weight is 320 g/mol. The molecule has 0 fully saturated rings. The number of nitrogens with one attached hydrogen (secondary N) is 1. The Hall–Kier alpha value is -3.26. The van der Waals surface area contributed by atoms with Crippen LogP contribution in [0.15, 0.2) is 72.8 Å². The summed E-state index contributed by atoms with van der Waals surface area (Å²) in [7, 11) is 2.18. The lowest BCUT2D eigenvalue weighted by molar-refractivity contribution is 1.02. The Morgan fingerprint density at radius 1 is 0.640 bits per heavy atom. The molecule has 0 radical (unpaired) electrons. The molecule has 0 saturated heterocycles. The molecule has 0 aliphatic heterocycles. The van der Waals surface area contributed by atoms with Crippen molar-refractivity contribution >= 4 is 54.4 Å². The molecule has 2 aromatic heterocycles. The highest BCUT2D eigenvalue weighted by molar-refractivity contribution is 6.36. The second kappa shape index (κ2) is 4.42. The maximum Gasteiger partial charge on any atom is 0.0576 e. The number of hydrogen-bond donors (Lipinski definition) is 1. The molecule has 25 heavy (non-hydrogen) atoms. The van der Waals surface area contributed by atoms with Crippen LogP contribution in [0.4, 0.5) is 0 Å². The summed E-state index contributed by atoms with van der Waals surface area (Å²) in [5.74, 6) is 0. The van der Waals surface area contributed by atoms with Crippen LogP contribution in [0, 0.1) is 0 Å². The van der Waals surface area contributed by atoms with Crippen LogP contribution in [0.2, 0.25) is 0 Å². The highest BCUT2D eigenvalue weighted by Gasteiger charge is 2.18. The van der Waals surface area contributed by atoms with Gasteiger partial charge in [0, 0.05) is 50.4 Å². The van der Waals surface area contributed by atoms with Crippen LogP contribution in [0.5, 0.6) is 0 Å². The molecule has 6 rings (SSSR count). The molecule has 4 aromatic carbocycles. The normalized spacial score (nSPS) is 12.2. The lowest BCUT2D eigenvalue weighted by atomic mass is 9.99. The van der Waals surface area contributed by atoms with Crippen LogP contribution in [0.25, 0.3) is 54.4 Å². The monoisotopic (exact) mass is 320 g/mol. The fourth-order valence-corrected chi connectivity index (χ4v) is 4.47. The Morgan fingerprint density at radius 2 is 1.28 bits per heavy atom. The van der Waals surface area contributed by atoms with E-state index in [4.69, 9.17) is 0 Å². The molecule has 0 aliphatic carbocycles. The summed E-state index contributed by atoms with van der Waals surface area (Å²) in [6.07, 6.45) is 0. The summed E-state index contributed by atoms with van der Waals surface area (Å²) in [6.45, 7) is 0. The molecule has 0 saturated carbocycles. The van der Waals surface area contributed by atoms with E-state index in [0.717, 1.165) is 0 Å². The van der Waals surface area contributed by atoms with E-state index in [9.17, 15) is 0 Å². The van der Waals surface area contributed by atoms with Crippen molar-refractivity contribution in [3.8, 4) is 0 Å². The predicted octanol–water partition coefficient (Wildman–Crippen LogP) is 6.12. The molecule has 118 valence electrons. The summed E-state index contributed by atoms with van der Waals surface area (Å²) in [5.41, 5.74) is 5.03. The first kappa shape index (κ1) is 13.1. The van der Waals surface area contributed by atoms with Gasteiger partial charge in [0.25, 0.3) is 0 Å². The van der Waals surface area contributed by atoms with Crippen molar-refractivity contribution in [3.05, 3.63) is 72.8 Å². The molecule has 0 spiro atoms. The molecule has 2 heteroatoms. The van der Waals surface area contributed by atoms with E-state index in [1.807, 2.05) is 0 Å². The minimum atomic E-state index is 1.20. The van der Waals surface area contributed by atoms with Gasteiger partial charge in [-0.1, -0.05) is 60.7 Å². The van der Waals surface area contributed by atoms with E-state index < -0.39 is 0 Å². The smallest absolute Gasteiger partial charge is 0.0576 e. The lowest BCUT2D eigenvalue weighted by Gasteiger charge is -2.06. The van der Waals surface area contributed by atoms with E-state index >= 15 is 0 Å². The molecule has 0 amide bonds. The minimum absolute atomic E-state index is 1.20. The van der Waals surface area contributed by atoms with Crippen molar-refractivity contribution in [1.82, 2.24) is 9.55 Å². The first-order chi connectivity index (χ1) is 12.3. The van der Waals surface area contributed by atoms with Gasteiger partial charge in [-0.15, -0.1) is 0 Å². The van der Waals surface area contributed by atoms with E-state index in [-0.39, 0.29) is 0 Å². The van der Waals surface area contributed by atoms with Gasteiger partial charge in [-0.05, 0) is 12.1 Å². The molecule has 2 nitrogen and oxygen atoms in total. The maximum atomic E-state index is 3.68. The number of benzene rings is 4. The summed E-state index contributed by atoms with van der Waals surface area (Å²) in [4.78, 5) is 3.68. The lowest BCUT2D eigenvalue weighted by Crippen LogP contribution is -1.88. The fraction of sp³-hybridized carbons (Fsp3) is 0.0435. The Morgan fingerprint density at radius 3 is 2.12 bits per heavy atom. The first-order valence-electron chi connectivity index (χ1n) is 8.63. The van der Waals surface area contributed by atoms with Gasteiger partial charge in [0.1, 0.15) is 0 Å². The van der Waals surface area contributed by atoms with Gasteiger partial charge >= 0.3 is 0 Å². The number of aryl methyl sites for hydroxylation is 1. The van der Waals surface area contributed by atoms with Crippen LogP contribution in [0.1, 0.15) is 0 Å².